The minimum absolute atomic E-state index is 0.377. The highest BCUT2D eigenvalue weighted by atomic mass is 16.5. The van der Waals surface area contributed by atoms with E-state index >= 15 is 0 Å². The number of unbranched alkanes of at least 4 members (excludes halogenated alkanes) is 1. The van der Waals surface area contributed by atoms with Crippen LogP contribution in [0.2, 0.25) is 0 Å². The number of rotatable bonds is 6. The third kappa shape index (κ3) is 4.10. The van der Waals surface area contributed by atoms with Crippen LogP contribution in [0.4, 0.5) is 16.2 Å². The van der Waals surface area contributed by atoms with Gasteiger partial charge in [0.15, 0.2) is 0 Å². The summed E-state index contributed by atoms with van der Waals surface area (Å²) in [6.45, 7) is 1.05. The number of methoxy groups -OCH3 is 1. The molecule has 21 heavy (non-hydrogen) atoms. The molecular formula is C16H20N2O3. The molecule has 0 radical (unpaired) electrons. The third-order valence-corrected chi connectivity index (χ3v) is 3.17. The number of carbonyl (C=O) groups is 1. The Morgan fingerprint density at radius 2 is 1.81 bits per heavy atom. The lowest BCUT2D eigenvalue weighted by atomic mass is 10.1. The molecule has 1 amide bonds. The largest absolute Gasteiger partial charge is 0.449 e. The summed E-state index contributed by atoms with van der Waals surface area (Å²) in [6.07, 6.45) is 1.19. The van der Waals surface area contributed by atoms with Gasteiger partial charge in [-0.25, -0.2) is 4.79 Å². The van der Waals surface area contributed by atoms with Gasteiger partial charge in [0.2, 0.25) is 0 Å². The molecule has 112 valence electrons. The predicted octanol–water partition coefficient (Wildman–Crippen LogP) is 3.40. The summed E-state index contributed by atoms with van der Waals surface area (Å²) in [7, 11) is 1.65. The zero-order valence-corrected chi connectivity index (χ0v) is 12.1. The Bertz CT molecular complexity index is 613. The monoisotopic (exact) mass is 288 g/mol. The Balaban J connectivity index is 1.97. The molecule has 0 aliphatic carbocycles. The van der Waals surface area contributed by atoms with Crippen molar-refractivity contribution >= 4 is 28.2 Å². The van der Waals surface area contributed by atoms with Crippen molar-refractivity contribution in [3.8, 4) is 0 Å². The molecule has 0 aromatic heterocycles. The molecule has 0 heterocycles. The van der Waals surface area contributed by atoms with Gasteiger partial charge in [-0.1, -0.05) is 24.3 Å². The van der Waals surface area contributed by atoms with Gasteiger partial charge in [0, 0.05) is 30.2 Å². The summed E-state index contributed by atoms with van der Waals surface area (Å²) >= 11 is 0. The summed E-state index contributed by atoms with van der Waals surface area (Å²) in [5, 5.41) is 4.56. The fourth-order valence-corrected chi connectivity index (χ4v) is 2.10. The highest BCUT2D eigenvalue weighted by Crippen LogP contribution is 2.27. The highest BCUT2D eigenvalue weighted by Gasteiger charge is 2.07. The van der Waals surface area contributed by atoms with Gasteiger partial charge in [-0.3, -0.25) is 5.32 Å². The predicted molar refractivity (Wildman–Crippen MR) is 84.4 cm³/mol. The molecule has 0 saturated heterocycles. The number of fused-ring (bicyclic) bond motifs is 1. The maximum absolute atomic E-state index is 11.8. The highest BCUT2D eigenvalue weighted by molar-refractivity contribution is 6.04. The van der Waals surface area contributed by atoms with E-state index in [4.69, 9.17) is 15.2 Å². The van der Waals surface area contributed by atoms with Crippen molar-refractivity contribution in [2.75, 3.05) is 31.4 Å². The van der Waals surface area contributed by atoms with Gasteiger partial charge in [-0.2, -0.15) is 0 Å². The molecule has 0 aliphatic heterocycles. The van der Waals surface area contributed by atoms with Crippen LogP contribution in [-0.4, -0.2) is 26.4 Å². The van der Waals surface area contributed by atoms with Crippen molar-refractivity contribution in [2.24, 2.45) is 0 Å². The van der Waals surface area contributed by atoms with Crippen LogP contribution in [0.25, 0.3) is 10.8 Å². The Labute approximate surface area is 124 Å². The molecule has 0 aliphatic rings. The van der Waals surface area contributed by atoms with E-state index in [-0.39, 0.29) is 0 Å². The SMILES string of the molecule is COCCCCOC(=O)Nc1cccc2c(N)cccc12. The van der Waals surface area contributed by atoms with Crippen molar-refractivity contribution in [3.05, 3.63) is 36.4 Å². The molecule has 5 nitrogen and oxygen atoms in total. The fourth-order valence-electron chi connectivity index (χ4n) is 2.10. The summed E-state index contributed by atoms with van der Waals surface area (Å²) in [5.41, 5.74) is 7.31. The molecule has 2 aromatic rings. The van der Waals surface area contributed by atoms with Gasteiger partial charge in [0.05, 0.1) is 12.3 Å². The third-order valence-electron chi connectivity index (χ3n) is 3.17. The van der Waals surface area contributed by atoms with Gasteiger partial charge < -0.3 is 15.2 Å². The quantitative estimate of drug-likeness (QED) is 0.631. The van der Waals surface area contributed by atoms with Crippen LogP contribution in [0.15, 0.2) is 36.4 Å². The van der Waals surface area contributed by atoms with E-state index in [2.05, 4.69) is 5.32 Å². The molecular weight excluding hydrogens is 268 g/mol. The van der Waals surface area contributed by atoms with E-state index in [0.717, 1.165) is 23.6 Å². The van der Waals surface area contributed by atoms with Crippen LogP contribution >= 0.6 is 0 Å². The minimum atomic E-state index is -0.456. The average molecular weight is 288 g/mol. The van der Waals surface area contributed by atoms with E-state index in [1.165, 1.54) is 0 Å². The maximum atomic E-state index is 11.8. The normalized spacial score (nSPS) is 10.5. The number of hydrogen-bond donors (Lipinski definition) is 2. The fraction of sp³-hybridized carbons (Fsp3) is 0.312. The first kappa shape index (κ1) is 15.1. The first-order chi connectivity index (χ1) is 10.2. The zero-order valence-electron chi connectivity index (χ0n) is 12.1. The first-order valence-corrected chi connectivity index (χ1v) is 6.92. The number of nitrogen functional groups attached to an aromatic ring is 1. The Hall–Kier alpha value is -2.27. The maximum Gasteiger partial charge on any atom is 0.411 e. The standard InChI is InChI=1S/C16H20N2O3/c1-20-10-2-3-11-21-16(19)18-15-9-5-6-12-13(15)7-4-8-14(12)17/h4-9H,2-3,10-11,17H2,1H3,(H,18,19). The number of amides is 1. The topological polar surface area (TPSA) is 73.6 Å². The lowest BCUT2D eigenvalue weighted by molar-refractivity contribution is 0.148. The van der Waals surface area contributed by atoms with Crippen molar-refractivity contribution in [2.45, 2.75) is 12.8 Å². The molecule has 5 heteroatoms. The lowest BCUT2D eigenvalue weighted by Gasteiger charge is -2.10. The number of hydrogen-bond acceptors (Lipinski definition) is 4. The molecule has 0 fully saturated rings. The van der Waals surface area contributed by atoms with Crippen LogP contribution in [0, 0.1) is 0 Å². The molecule has 0 unspecified atom stereocenters. The Kier molecular flexibility index (Phi) is 5.40. The van der Waals surface area contributed by atoms with Crippen molar-refractivity contribution < 1.29 is 14.3 Å². The number of ether oxygens (including phenoxy) is 2. The van der Waals surface area contributed by atoms with Crippen LogP contribution < -0.4 is 11.1 Å². The molecule has 0 bridgehead atoms. The van der Waals surface area contributed by atoms with E-state index < -0.39 is 6.09 Å². The smallest absolute Gasteiger partial charge is 0.411 e. The second-order valence-corrected chi connectivity index (χ2v) is 4.71. The summed E-state index contributed by atoms with van der Waals surface area (Å²) < 4.78 is 10.1. The molecule has 0 spiro atoms. The number of carbonyl (C=O) groups excluding carboxylic acids is 1. The van der Waals surface area contributed by atoms with Gasteiger partial charge in [0.1, 0.15) is 0 Å². The Morgan fingerprint density at radius 3 is 2.62 bits per heavy atom. The first-order valence-electron chi connectivity index (χ1n) is 6.92. The van der Waals surface area contributed by atoms with Gasteiger partial charge in [-0.05, 0) is 25.0 Å². The van der Waals surface area contributed by atoms with E-state index in [0.29, 0.717) is 24.6 Å². The van der Waals surface area contributed by atoms with Crippen LogP contribution in [0.3, 0.4) is 0 Å². The van der Waals surface area contributed by atoms with Gasteiger partial charge in [0.25, 0.3) is 0 Å². The summed E-state index contributed by atoms with van der Waals surface area (Å²) in [6, 6.07) is 11.2. The van der Waals surface area contributed by atoms with E-state index in [1.807, 2.05) is 36.4 Å². The summed E-state index contributed by atoms with van der Waals surface area (Å²) in [5.74, 6) is 0. The molecule has 0 atom stereocenters. The van der Waals surface area contributed by atoms with E-state index in [1.54, 1.807) is 7.11 Å². The summed E-state index contributed by atoms with van der Waals surface area (Å²) in [4.78, 5) is 11.8. The Morgan fingerprint density at radius 1 is 1.10 bits per heavy atom. The van der Waals surface area contributed by atoms with Crippen molar-refractivity contribution in [3.63, 3.8) is 0 Å². The average Bonchev–Trinajstić information content (AvgIpc) is 2.48. The van der Waals surface area contributed by atoms with Gasteiger partial charge >= 0.3 is 6.09 Å². The molecule has 2 aromatic carbocycles. The molecule has 2 rings (SSSR count). The van der Waals surface area contributed by atoms with Crippen LogP contribution in [0.1, 0.15) is 12.8 Å². The second-order valence-electron chi connectivity index (χ2n) is 4.71. The molecule has 3 N–H and O–H groups in total. The van der Waals surface area contributed by atoms with Crippen molar-refractivity contribution in [1.29, 1.82) is 0 Å². The number of nitrogens with two attached hydrogens (primary N) is 1. The minimum Gasteiger partial charge on any atom is -0.449 e. The second kappa shape index (κ2) is 7.50. The van der Waals surface area contributed by atoms with E-state index in [9.17, 15) is 4.79 Å². The number of anilines is 2. The number of nitrogens with one attached hydrogen (secondary N) is 1. The van der Waals surface area contributed by atoms with Crippen LogP contribution in [-0.2, 0) is 9.47 Å². The number of benzene rings is 2. The van der Waals surface area contributed by atoms with Crippen LogP contribution in [0.5, 0.6) is 0 Å². The zero-order chi connectivity index (χ0) is 15.1. The van der Waals surface area contributed by atoms with Crippen molar-refractivity contribution in [1.82, 2.24) is 0 Å². The lowest BCUT2D eigenvalue weighted by Crippen LogP contribution is -2.14. The molecule has 0 saturated carbocycles. The van der Waals surface area contributed by atoms with Gasteiger partial charge in [-0.15, -0.1) is 0 Å².